The van der Waals surface area contributed by atoms with Gasteiger partial charge in [0.1, 0.15) is 4.60 Å². The van der Waals surface area contributed by atoms with E-state index in [0.29, 0.717) is 0 Å². The van der Waals surface area contributed by atoms with E-state index >= 15 is 0 Å². The fourth-order valence-electron chi connectivity index (χ4n) is 0.487. The number of anilines is 1. The van der Waals surface area contributed by atoms with Crippen LogP contribution in [-0.4, -0.2) is 11.5 Å². The Morgan fingerprint density at radius 2 is 2.67 bits per heavy atom. The number of hydrogen-bond acceptors (Lipinski definition) is 3. The molecule has 0 fully saturated rings. The largest absolute Gasteiger partial charge is 0.362 e. The fourth-order valence-corrected chi connectivity index (χ4v) is 1.70. The van der Waals surface area contributed by atoms with E-state index in [2.05, 4.69) is 33.2 Å². The van der Waals surface area contributed by atoms with E-state index in [1.54, 1.807) is 11.3 Å². The van der Waals surface area contributed by atoms with Crippen LogP contribution in [0.4, 0.5) is 5.13 Å². The molecule has 50 valence electrons. The number of rotatable bonds is 2. The molecule has 1 N–H and O–H groups in total. The van der Waals surface area contributed by atoms with Crippen molar-refractivity contribution in [3.63, 3.8) is 0 Å². The number of thiazole rings is 1. The van der Waals surface area contributed by atoms with Crippen LogP contribution in [0.5, 0.6) is 0 Å². The second-order valence-corrected chi connectivity index (χ2v) is 3.18. The van der Waals surface area contributed by atoms with Gasteiger partial charge in [0.2, 0.25) is 0 Å². The minimum absolute atomic E-state index is 0.906. The first-order valence-electron chi connectivity index (χ1n) is 2.68. The van der Waals surface area contributed by atoms with Gasteiger partial charge in [-0.25, -0.2) is 4.98 Å². The average Bonchev–Trinajstić information content (AvgIpc) is 2.17. The molecule has 0 amide bonds. The summed E-state index contributed by atoms with van der Waals surface area (Å²) >= 11 is 4.87. The number of halogens is 1. The van der Waals surface area contributed by atoms with Gasteiger partial charge in [-0.3, -0.25) is 0 Å². The van der Waals surface area contributed by atoms with E-state index in [-0.39, 0.29) is 0 Å². The Morgan fingerprint density at radius 1 is 1.89 bits per heavy atom. The van der Waals surface area contributed by atoms with E-state index in [0.717, 1.165) is 16.3 Å². The summed E-state index contributed by atoms with van der Waals surface area (Å²) in [4.78, 5) is 4.12. The van der Waals surface area contributed by atoms with Gasteiger partial charge in [0.15, 0.2) is 5.13 Å². The number of aromatic nitrogens is 1. The Balaban J connectivity index is 2.61. The molecule has 1 aromatic heterocycles. The first-order chi connectivity index (χ1) is 4.33. The highest BCUT2D eigenvalue weighted by Crippen LogP contribution is 2.18. The molecule has 0 unspecified atom stereocenters. The summed E-state index contributed by atoms with van der Waals surface area (Å²) in [5.41, 5.74) is 0. The van der Waals surface area contributed by atoms with Gasteiger partial charge in [0, 0.05) is 11.9 Å². The van der Waals surface area contributed by atoms with E-state index in [1.807, 2.05) is 5.38 Å². The Hall–Kier alpha value is -0.0900. The standard InChI is InChI=1S/C5H7BrN2S/c1-2-7-5-8-4(6)3-9-5/h3H,2H2,1H3,(H,7,8). The lowest BCUT2D eigenvalue weighted by atomic mass is 10.8. The van der Waals surface area contributed by atoms with Crippen molar-refractivity contribution in [2.24, 2.45) is 0 Å². The first-order valence-corrected chi connectivity index (χ1v) is 4.35. The van der Waals surface area contributed by atoms with Crippen molar-refractivity contribution in [1.82, 2.24) is 4.98 Å². The summed E-state index contributed by atoms with van der Waals surface area (Å²) in [6, 6.07) is 0. The molecule has 1 aromatic rings. The lowest BCUT2D eigenvalue weighted by Gasteiger charge is -1.91. The van der Waals surface area contributed by atoms with Crippen molar-refractivity contribution in [2.75, 3.05) is 11.9 Å². The molecule has 1 heterocycles. The van der Waals surface area contributed by atoms with E-state index in [9.17, 15) is 0 Å². The first kappa shape index (κ1) is 7.02. The highest BCUT2D eigenvalue weighted by Gasteiger charge is 1.93. The molecule has 1 rings (SSSR count). The highest BCUT2D eigenvalue weighted by molar-refractivity contribution is 9.10. The van der Waals surface area contributed by atoms with Crippen LogP contribution in [0, 0.1) is 0 Å². The van der Waals surface area contributed by atoms with Crippen molar-refractivity contribution >= 4 is 32.4 Å². The van der Waals surface area contributed by atoms with Crippen LogP contribution in [0.1, 0.15) is 6.92 Å². The molecule has 2 nitrogen and oxygen atoms in total. The third kappa shape index (κ3) is 1.95. The summed E-state index contributed by atoms with van der Waals surface area (Å²) in [5.74, 6) is 0. The SMILES string of the molecule is CCNc1nc(Br)cs1. The zero-order valence-corrected chi connectivity index (χ0v) is 7.42. The molecule has 0 aromatic carbocycles. The van der Waals surface area contributed by atoms with Gasteiger partial charge < -0.3 is 5.32 Å². The van der Waals surface area contributed by atoms with Crippen molar-refractivity contribution in [1.29, 1.82) is 0 Å². The maximum Gasteiger partial charge on any atom is 0.183 e. The van der Waals surface area contributed by atoms with Gasteiger partial charge in [-0.2, -0.15) is 0 Å². The minimum Gasteiger partial charge on any atom is -0.362 e. The molecule has 0 spiro atoms. The maximum absolute atomic E-state index is 4.12. The molecule has 4 heteroatoms. The molecule has 9 heavy (non-hydrogen) atoms. The van der Waals surface area contributed by atoms with Crippen molar-refractivity contribution in [2.45, 2.75) is 6.92 Å². The van der Waals surface area contributed by atoms with Crippen molar-refractivity contribution in [3.8, 4) is 0 Å². The predicted molar refractivity (Wildman–Crippen MR) is 44.0 cm³/mol. The van der Waals surface area contributed by atoms with Gasteiger partial charge in [-0.15, -0.1) is 11.3 Å². The van der Waals surface area contributed by atoms with Gasteiger partial charge in [-0.1, -0.05) is 0 Å². The second kappa shape index (κ2) is 3.17. The summed E-state index contributed by atoms with van der Waals surface area (Å²) < 4.78 is 0.906. The van der Waals surface area contributed by atoms with Crippen LogP contribution in [0.2, 0.25) is 0 Å². The highest BCUT2D eigenvalue weighted by atomic mass is 79.9. The van der Waals surface area contributed by atoms with E-state index < -0.39 is 0 Å². The summed E-state index contributed by atoms with van der Waals surface area (Å²) in [7, 11) is 0. The van der Waals surface area contributed by atoms with Crippen LogP contribution in [0.3, 0.4) is 0 Å². The molecule has 0 radical (unpaired) electrons. The quantitative estimate of drug-likeness (QED) is 0.804. The normalized spacial score (nSPS) is 9.56. The van der Waals surface area contributed by atoms with Gasteiger partial charge in [0.05, 0.1) is 0 Å². The molecular formula is C5H7BrN2S. The zero-order chi connectivity index (χ0) is 6.69. The molecule has 0 atom stereocenters. The average molecular weight is 207 g/mol. The molecule has 0 saturated carbocycles. The smallest absolute Gasteiger partial charge is 0.183 e. The molecule has 0 aliphatic rings. The fraction of sp³-hybridized carbons (Fsp3) is 0.400. The third-order valence-corrected chi connectivity index (χ3v) is 2.31. The van der Waals surface area contributed by atoms with Gasteiger partial charge in [0.25, 0.3) is 0 Å². The monoisotopic (exact) mass is 206 g/mol. The summed E-state index contributed by atoms with van der Waals surface area (Å²) in [5, 5.41) is 6.04. The van der Waals surface area contributed by atoms with Crippen molar-refractivity contribution < 1.29 is 0 Å². The summed E-state index contributed by atoms with van der Waals surface area (Å²) in [6.07, 6.45) is 0. The predicted octanol–water partition coefficient (Wildman–Crippen LogP) is 2.34. The molecule has 0 bridgehead atoms. The van der Waals surface area contributed by atoms with Gasteiger partial charge >= 0.3 is 0 Å². The van der Waals surface area contributed by atoms with Crippen molar-refractivity contribution in [3.05, 3.63) is 9.98 Å². The molecule has 0 saturated heterocycles. The number of hydrogen-bond donors (Lipinski definition) is 1. The summed E-state index contributed by atoms with van der Waals surface area (Å²) in [6.45, 7) is 2.98. The van der Waals surface area contributed by atoms with Gasteiger partial charge in [-0.05, 0) is 22.9 Å². The third-order valence-electron chi connectivity index (χ3n) is 0.804. The molecule has 0 aliphatic heterocycles. The minimum atomic E-state index is 0.906. The number of nitrogens with one attached hydrogen (secondary N) is 1. The molecule has 0 aliphatic carbocycles. The molecular weight excluding hydrogens is 200 g/mol. The van der Waals surface area contributed by atoms with Crippen LogP contribution >= 0.6 is 27.3 Å². The number of nitrogens with zero attached hydrogens (tertiary/aromatic N) is 1. The second-order valence-electron chi connectivity index (χ2n) is 1.51. The lowest BCUT2D eigenvalue weighted by molar-refractivity contribution is 1.18. The van der Waals surface area contributed by atoms with Crippen LogP contribution in [-0.2, 0) is 0 Å². The van der Waals surface area contributed by atoms with Crippen LogP contribution in [0.25, 0.3) is 0 Å². The Labute approximate surface area is 66.4 Å². The lowest BCUT2D eigenvalue weighted by Crippen LogP contribution is -1.94. The van der Waals surface area contributed by atoms with E-state index in [4.69, 9.17) is 0 Å². The Kier molecular flexibility index (Phi) is 2.48. The van der Waals surface area contributed by atoms with E-state index in [1.165, 1.54) is 0 Å². The Morgan fingerprint density at radius 3 is 3.11 bits per heavy atom. The maximum atomic E-state index is 4.12. The topological polar surface area (TPSA) is 24.9 Å². The van der Waals surface area contributed by atoms with Crippen LogP contribution < -0.4 is 5.32 Å². The van der Waals surface area contributed by atoms with Crippen LogP contribution in [0.15, 0.2) is 9.98 Å². The zero-order valence-electron chi connectivity index (χ0n) is 5.02. The Bertz CT molecular complexity index is 187.